The fraction of sp³-hybridized carbons (Fsp3) is 0.800. The summed E-state index contributed by atoms with van der Waals surface area (Å²) in [5.41, 5.74) is 0. The van der Waals surface area contributed by atoms with E-state index in [4.69, 9.17) is 9.84 Å². The molecule has 7 heavy (non-hydrogen) atoms. The van der Waals surface area contributed by atoms with Crippen LogP contribution in [0.15, 0.2) is 0 Å². The Morgan fingerprint density at radius 3 is 2.86 bits per heavy atom. The van der Waals surface area contributed by atoms with Crippen molar-refractivity contribution in [3.8, 4) is 0 Å². The van der Waals surface area contributed by atoms with Gasteiger partial charge in [-0.25, -0.2) is 0 Å². The van der Waals surface area contributed by atoms with E-state index in [9.17, 15) is 0 Å². The Kier molecular flexibility index (Phi) is 1.65. The maximum absolute atomic E-state index is 8.77. The third-order valence-corrected chi connectivity index (χ3v) is 1.04. The average molecular weight is 101 g/mol. The van der Waals surface area contributed by atoms with Crippen molar-refractivity contribution in [2.24, 2.45) is 0 Å². The van der Waals surface area contributed by atoms with Crippen molar-refractivity contribution in [2.45, 2.75) is 12.5 Å². The Bertz CT molecular complexity index is 48.0. The van der Waals surface area contributed by atoms with Gasteiger partial charge >= 0.3 is 0 Å². The van der Waals surface area contributed by atoms with Gasteiger partial charge in [0, 0.05) is 13.0 Å². The molecule has 1 atom stereocenters. The molecular formula is C5H9O2. The molecule has 1 aliphatic heterocycles. The summed E-state index contributed by atoms with van der Waals surface area (Å²) in [5, 5.41) is 8.77. The molecule has 1 N–H and O–H groups in total. The topological polar surface area (TPSA) is 29.5 Å². The highest BCUT2D eigenvalue weighted by molar-refractivity contribution is 4.77. The molecule has 0 saturated carbocycles. The molecule has 2 heteroatoms. The molecule has 1 saturated heterocycles. The molecule has 0 aliphatic carbocycles. The van der Waals surface area contributed by atoms with Crippen molar-refractivity contribution in [1.82, 2.24) is 0 Å². The van der Waals surface area contributed by atoms with Crippen LogP contribution in [0.2, 0.25) is 0 Å². The van der Waals surface area contributed by atoms with Gasteiger partial charge in [0.15, 0.2) is 0 Å². The van der Waals surface area contributed by atoms with E-state index in [0.29, 0.717) is 13.2 Å². The molecule has 0 amide bonds. The van der Waals surface area contributed by atoms with Crippen molar-refractivity contribution in [3.63, 3.8) is 0 Å². The number of hydrogen-bond donors (Lipinski definition) is 1. The maximum Gasteiger partial charge on any atom is 0.0616 e. The maximum atomic E-state index is 8.77. The predicted octanol–water partition coefficient (Wildman–Crippen LogP) is -0.0281. The summed E-state index contributed by atoms with van der Waals surface area (Å²) in [6.45, 7) is 1.32. The second kappa shape index (κ2) is 2.28. The second-order valence-corrected chi connectivity index (χ2v) is 1.67. The van der Waals surface area contributed by atoms with Crippen molar-refractivity contribution in [1.29, 1.82) is 0 Å². The van der Waals surface area contributed by atoms with Crippen LogP contribution in [0.1, 0.15) is 6.42 Å². The van der Waals surface area contributed by atoms with Crippen LogP contribution in [0, 0.1) is 6.42 Å². The smallest absolute Gasteiger partial charge is 0.0616 e. The van der Waals surface area contributed by atoms with Crippen LogP contribution >= 0.6 is 0 Å². The zero-order chi connectivity index (χ0) is 5.11. The summed E-state index contributed by atoms with van der Waals surface area (Å²) < 4.78 is 4.92. The van der Waals surface area contributed by atoms with Gasteiger partial charge in [0.25, 0.3) is 0 Å². The molecule has 1 radical (unpaired) electrons. The lowest BCUT2D eigenvalue weighted by Crippen LogP contribution is -2.20. The van der Waals surface area contributed by atoms with E-state index >= 15 is 0 Å². The molecule has 0 aromatic carbocycles. The molecule has 41 valence electrons. The predicted molar refractivity (Wildman–Crippen MR) is 25.7 cm³/mol. The average Bonchev–Trinajstić information content (AvgIpc) is 1.69. The van der Waals surface area contributed by atoms with Crippen molar-refractivity contribution in [3.05, 3.63) is 6.42 Å². The van der Waals surface area contributed by atoms with E-state index in [1.807, 2.05) is 0 Å². The first kappa shape index (κ1) is 5.06. The van der Waals surface area contributed by atoms with E-state index in [1.54, 1.807) is 6.42 Å². The minimum absolute atomic E-state index is 0.214. The van der Waals surface area contributed by atoms with Gasteiger partial charge in [0.2, 0.25) is 0 Å². The molecule has 1 fully saturated rings. The van der Waals surface area contributed by atoms with E-state index < -0.39 is 0 Å². The van der Waals surface area contributed by atoms with Gasteiger partial charge < -0.3 is 9.84 Å². The Hall–Kier alpha value is -0.0800. The van der Waals surface area contributed by atoms with Crippen LogP contribution in [0.5, 0.6) is 0 Å². The van der Waals surface area contributed by atoms with Gasteiger partial charge in [-0.15, -0.1) is 0 Å². The Morgan fingerprint density at radius 1 is 1.71 bits per heavy atom. The van der Waals surface area contributed by atoms with Crippen molar-refractivity contribution in [2.75, 3.05) is 13.2 Å². The number of hydrogen-bond acceptors (Lipinski definition) is 2. The molecule has 1 heterocycles. The lowest BCUT2D eigenvalue weighted by Gasteiger charge is -2.15. The summed E-state index contributed by atoms with van der Waals surface area (Å²) in [4.78, 5) is 0. The number of aliphatic hydroxyl groups excluding tert-OH is 1. The molecule has 2 nitrogen and oxygen atoms in total. The first-order valence-corrected chi connectivity index (χ1v) is 2.49. The first-order chi connectivity index (χ1) is 3.39. The minimum Gasteiger partial charge on any atom is -0.393 e. The normalized spacial score (nSPS) is 25.3. The monoisotopic (exact) mass is 101 g/mol. The molecule has 0 spiro atoms. The van der Waals surface area contributed by atoms with Gasteiger partial charge in [-0.3, -0.25) is 0 Å². The van der Waals surface area contributed by atoms with Crippen molar-refractivity contribution < 1.29 is 9.84 Å². The third-order valence-electron chi connectivity index (χ3n) is 1.04. The molecular weight excluding hydrogens is 92.1 g/mol. The minimum atomic E-state index is -0.214. The van der Waals surface area contributed by atoms with Crippen LogP contribution < -0.4 is 0 Å². The van der Waals surface area contributed by atoms with Gasteiger partial charge in [0.05, 0.1) is 12.7 Å². The fourth-order valence-electron chi connectivity index (χ4n) is 0.584. The molecule has 1 unspecified atom stereocenters. The summed E-state index contributed by atoms with van der Waals surface area (Å²) in [6.07, 6.45) is 2.32. The second-order valence-electron chi connectivity index (χ2n) is 1.67. The molecule has 1 aliphatic rings. The fourth-order valence-corrected chi connectivity index (χ4v) is 0.584. The molecule has 0 aromatic rings. The Balaban J connectivity index is 2.12. The lowest BCUT2D eigenvalue weighted by molar-refractivity contribution is 0.0544. The van der Waals surface area contributed by atoms with Crippen LogP contribution in [0.3, 0.4) is 0 Å². The highest BCUT2D eigenvalue weighted by Crippen LogP contribution is 2.02. The highest BCUT2D eigenvalue weighted by Gasteiger charge is 2.08. The summed E-state index contributed by atoms with van der Waals surface area (Å²) in [5.74, 6) is 0. The Labute approximate surface area is 43.1 Å². The largest absolute Gasteiger partial charge is 0.393 e. The van der Waals surface area contributed by atoms with Crippen LogP contribution in [-0.2, 0) is 4.74 Å². The summed E-state index contributed by atoms with van der Waals surface area (Å²) in [7, 11) is 0. The number of rotatable bonds is 0. The van der Waals surface area contributed by atoms with Gasteiger partial charge in [0.1, 0.15) is 0 Å². The SMILES string of the molecule is OC1[CH]COCC1. The van der Waals surface area contributed by atoms with E-state index in [1.165, 1.54) is 0 Å². The van der Waals surface area contributed by atoms with Gasteiger partial charge in [-0.1, -0.05) is 0 Å². The van der Waals surface area contributed by atoms with Crippen LogP contribution in [0.4, 0.5) is 0 Å². The molecule has 0 bridgehead atoms. The van der Waals surface area contributed by atoms with Gasteiger partial charge in [-0.2, -0.15) is 0 Å². The van der Waals surface area contributed by atoms with E-state index in [-0.39, 0.29) is 6.10 Å². The highest BCUT2D eigenvalue weighted by atomic mass is 16.5. The first-order valence-electron chi connectivity index (χ1n) is 2.49. The molecule has 0 aromatic heterocycles. The lowest BCUT2D eigenvalue weighted by atomic mass is 10.2. The number of ether oxygens (including phenoxy) is 1. The standard InChI is InChI=1S/C5H9O2/c6-5-1-3-7-4-2-5/h1,5-6H,2-4H2. The van der Waals surface area contributed by atoms with Crippen molar-refractivity contribution >= 4 is 0 Å². The molecule has 1 rings (SSSR count). The summed E-state index contributed by atoms with van der Waals surface area (Å²) >= 11 is 0. The number of aliphatic hydroxyl groups is 1. The zero-order valence-electron chi connectivity index (χ0n) is 4.13. The van der Waals surface area contributed by atoms with E-state index in [0.717, 1.165) is 6.42 Å². The quantitative estimate of drug-likeness (QED) is 0.464. The summed E-state index contributed by atoms with van der Waals surface area (Å²) in [6, 6.07) is 0. The Morgan fingerprint density at radius 2 is 2.57 bits per heavy atom. The van der Waals surface area contributed by atoms with Gasteiger partial charge in [-0.05, 0) is 6.42 Å². The van der Waals surface area contributed by atoms with Crippen LogP contribution in [-0.4, -0.2) is 24.4 Å². The zero-order valence-corrected chi connectivity index (χ0v) is 4.13. The van der Waals surface area contributed by atoms with E-state index in [2.05, 4.69) is 0 Å². The third kappa shape index (κ3) is 1.45. The van der Waals surface area contributed by atoms with Crippen LogP contribution in [0.25, 0.3) is 0 Å².